The molecule has 1 fully saturated rings. The summed E-state index contributed by atoms with van der Waals surface area (Å²) in [7, 11) is 0. The van der Waals surface area contributed by atoms with Gasteiger partial charge in [-0.25, -0.2) is 0 Å². The molecule has 2 rings (SSSR count). The predicted molar refractivity (Wildman–Crippen MR) is 62.3 cm³/mol. The largest absolute Gasteiger partial charge is 0.385 e. The average molecular weight is 245 g/mol. The molecule has 7 heteroatoms. The second kappa shape index (κ2) is 5.14. The summed E-state index contributed by atoms with van der Waals surface area (Å²) < 4.78 is 0. The summed E-state index contributed by atoms with van der Waals surface area (Å²) >= 11 is 0. The Labute approximate surface area is 104 Å². The molecule has 1 aromatic heterocycles. The molecule has 18 heavy (non-hydrogen) atoms. The first kappa shape index (κ1) is 11.9. The van der Waals surface area contributed by atoms with Crippen LogP contribution in [-0.2, 0) is 6.54 Å². The Hall–Kier alpha value is -2.62. The quantitative estimate of drug-likeness (QED) is 0.472. The Morgan fingerprint density at radius 3 is 3.11 bits per heavy atom. The van der Waals surface area contributed by atoms with Crippen molar-refractivity contribution >= 4 is 0 Å². The van der Waals surface area contributed by atoms with E-state index in [1.165, 1.54) is 0 Å². The third-order valence-corrected chi connectivity index (χ3v) is 2.58. The van der Waals surface area contributed by atoms with E-state index in [1.54, 1.807) is 23.2 Å². The third kappa shape index (κ3) is 2.38. The van der Waals surface area contributed by atoms with E-state index in [9.17, 15) is 10.1 Å². The molecule has 1 aliphatic heterocycles. The van der Waals surface area contributed by atoms with Gasteiger partial charge in [0.15, 0.2) is 11.9 Å². The van der Waals surface area contributed by atoms with Gasteiger partial charge in [0.1, 0.15) is 0 Å². The van der Waals surface area contributed by atoms with Gasteiger partial charge in [-0.3, -0.25) is 15.1 Å². The summed E-state index contributed by atoms with van der Waals surface area (Å²) in [6.07, 6.45) is 1.67. The van der Waals surface area contributed by atoms with E-state index in [4.69, 9.17) is 5.26 Å². The number of nitrogens with zero attached hydrogens (tertiary/aromatic N) is 4. The summed E-state index contributed by atoms with van der Waals surface area (Å²) in [5.41, 5.74) is 0.350. The summed E-state index contributed by atoms with van der Waals surface area (Å²) in [6, 6.07) is 7.12. The smallest absolute Gasteiger partial charge is 0.364 e. The molecule has 0 atom stereocenters. The number of nitro groups is 1. The minimum absolute atomic E-state index is 0.271. The highest BCUT2D eigenvalue weighted by Gasteiger charge is 2.27. The summed E-state index contributed by atoms with van der Waals surface area (Å²) in [5.74, 6) is 0.271. The topological polar surface area (TPSA) is 95.1 Å². The number of hydrogen-bond acceptors (Lipinski definition) is 6. The molecule has 1 saturated heterocycles. The van der Waals surface area contributed by atoms with Crippen molar-refractivity contribution in [1.29, 1.82) is 5.26 Å². The van der Waals surface area contributed by atoms with Crippen LogP contribution in [-0.4, -0.2) is 27.9 Å². The van der Waals surface area contributed by atoms with Crippen molar-refractivity contribution in [3.63, 3.8) is 0 Å². The maximum atomic E-state index is 10.8. The SMILES string of the molecule is N#C/C(=C1/NCCN1Cc1ccccn1)[N+](=O)[O-]. The maximum Gasteiger partial charge on any atom is 0.385 e. The fourth-order valence-electron chi connectivity index (χ4n) is 1.79. The highest BCUT2D eigenvalue weighted by Crippen LogP contribution is 2.15. The van der Waals surface area contributed by atoms with Crippen molar-refractivity contribution in [3.8, 4) is 6.07 Å². The molecule has 0 unspecified atom stereocenters. The molecular formula is C11H11N5O2. The van der Waals surface area contributed by atoms with Crippen molar-refractivity contribution in [1.82, 2.24) is 15.2 Å². The van der Waals surface area contributed by atoms with Gasteiger partial charge in [0, 0.05) is 19.3 Å². The zero-order valence-corrected chi connectivity index (χ0v) is 9.54. The molecule has 2 heterocycles. The number of hydrogen-bond donors (Lipinski definition) is 1. The molecule has 1 aliphatic rings. The van der Waals surface area contributed by atoms with Crippen molar-refractivity contribution < 1.29 is 4.92 Å². The van der Waals surface area contributed by atoms with Crippen LogP contribution in [0.15, 0.2) is 35.9 Å². The van der Waals surface area contributed by atoms with E-state index in [1.807, 2.05) is 12.1 Å². The van der Waals surface area contributed by atoms with Crippen LogP contribution in [0.1, 0.15) is 5.69 Å². The standard InChI is InChI=1S/C11H11N5O2/c12-7-10(16(17)18)11-14-5-6-15(11)8-9-3-1-2-4-13-9/h1-4,14H,5-6,8H2/b11-10+. The van der Waals surface area contributed by atoms with Crippen molar-refractivity contribution in [2.75, 3.05) is 13.1 Å². The number of allylic oxidation sites excluding steroid dienone is 1. The third-order valence-electron chi connectivity index (χ3n) is 2.58. The van der Waals surface area contributed by atoms with E-state index >= 15 is 0 Å². The first-order chi connectivity index (χ1) is 8.72. The van der Waals surface area contributed by atoms with Gasteiger partial charge in [-0.2, -0.15) is 5.26 Å². The molecule has 92 valence electrons. The van der Waals surface area contributed by atoms with Crippen LogP contribution in [0.4, 0.5) is 0 Å². The molecule has 0 aromatic carbocycles. The van der Waals surface area contributed by atoms with Gasteiger partial charge in [-0.15, -0.1) is 0 Å². The van der Waals surface area contributed by atoms with Gasteiger partial charge in [-0.05, 0) is 12.1 Å². The van der Waals surface area contributed by atoms with Crippen molar-refractivity contribution in [3.05, 3.63) is 51.7 Å². The van der Waals surface area contributed by atoms with Crippen LogP contribution >= 0.6 is 0 Å². The molecule has 1 aromatic rings. The molecule has 0 bridgehead atoms. The van der Waals surface area contributed by atoms with Crippen LogP contribution in [0.2, 0.25) is 0 Å². The number of pyridine rings is 1. The number of nitrogens with one attached hydrogen (secondary N) is 1. The first-order valence-electron chi connectivity index (χ1n) is 5.40. The van der Waals surface area contributed by atoms with E-state index < -0.39 is 10.6 Å². The van der Waals surface area contributed by atoms with E-state index in [0.717, 1.165) is 5.69 Å². The van der Waals surface area contributed by atoms with Gasteiger partial charge in [0.25, 0.3) is 0 Å². The molecule has 0 saturated carbocycles. The van der Waals surface area contributed by atoms with Gasteiger partial charge < -0.3 is 10.2 Å². The van der Waals surface area contributed by atoms with E-state index in [-0.39, 0.29) is 5.82 Å². The summed E-state index contributed by atoms with van der Waals surface area (Å²) in [5, 5.41) is 22.4. The highest BCUT2D eigenvalue weighted by molar-refractivity contribution is 5.22. The molecule has 0 spiro atoms. The van der Waals surface area contributed by atoms with E-state index in [2.05, 4.69) is 10.3 Å². The lowest BCUT2D eigenvalue weighted by Crippen LogP contribution is -2.23. The minimum atomic E-state index is -0.668. The predicted octanol–water partition coefficient (Wildman–Crippen LogP) is 0.456. The van der Waals surface area contributed by atoms with Crippen LogP contribution < -0.4 is 5.32 Å². The van der Waals surface area contributed by atoms with Crippen molar-refractivity contribution in [2.45, 2.75) is 6.54 Å². The summed E-state index contributed by atoms with van der Waals surface area (Å²) in [6.45, 7) is 1.65. The van der Waals surface area contributed by atoms with Gasteiger partial charge in [0.2, 0.25) is 0 Å². The maximum absolute atomic E-state index is 10.8. The molecule has 0 amide bonds. The highest BCUT2D eigenvalue weighted by atomic mass is 16.6. The molecular weight excluding hydrogens is 234 g/mol. The Bertz CT molecular complexity index is 520. The molecule has 0 aliphatic carbocycles. The Morgan fingerprint density at radius 2 is 2.50 bits per heavy atom. The van der Waals surface area contributed by atoms with Crippen LogP contribution in [0.3, 0.4) is 0 Å². The Kier molecular flexibility index (Phi) is 3.38. The Balaban J connectivity index is 2.24. The Morgan fingerprint density at radius 1 is 1.67 bits per heavy atom. The zero-order valence-electron chi connectivity index (χ0n) is 9.54. The molecule has 7 nitrogen and oxygen atoms in total. The van der Waals surface area contributed by atoms with Crippen molar-refractivity contribution in [2.24, 2.45) is 0 Å². The monoisotopic (exact) mass is 245 g/mol. The average Bonchev–Trinajstić information content (AvgIpc) is 2.79. The minimum Gasteiger partial charge on any atom is -0.364 e. The normalized spacial score (nSPS) is 16.9. The van der Waals surface area contributed by atoms with Crippen LogP contribution in [0.25, 0.3) is 0 Å². The zero-order chi connectivity index (χ0) is 13.0. The summed E-state index contributed by atoms with van der Waals surface area (Å²) in [4.78, 5) is 16.0. The fourth-order valence-corrected chi connectivity index (χ4v) is 1.79. The number of aromatic nitrogens is 1. The van der Waals surface area contributed by atoms with Gasteiger partial charge in [0.05, 0.1) is 17.2 Å². The lowest BCUT2D eigenvalue weighted by atomic mass is 10.3. The lowest BCUT2D eigenvalue weighted by Gasteiger charge is -2.16. The molecule has 1 N–H and O–H groups in total. The number of nitriles is 1. The van der Waals surface area contributed by atoms with E-state index in [0.29, 0.717) is 19.6 Å². The second-order valence-corrected chi connectivity index (χ2v) is 3.74. The lowest BCUT2D eigenvalue weighted by molar-refractivity contribution is -0.419. The molecule has 0 radical (unpaired) electrons. The number of rotatable bonds is 3. The van der Waals surface area contributed by atoms with Gasteiger partial charge in [-0.1, -0.05) is 6.07 Å². The van der Waals surface area contributed by atoms with Crippen LogP contribution in [0, 0.1) is 21.4 Å². The van der Waals surface area contributed by atoms with Gasteiger partial charge >= 0.3 is 5.70 Å². The fraction of sp³-hybridized carbons (Fsp3) is 0.273. The first-order valence-corrected chi connectivity index (χ1v) is 5.40. The van der Waals surface area contributed by atoms with Crippen LogP contribution in [0.5, 0.6) is 0 Å². The second-order valence-electron chi connectivity index (χ2n) is 3.74.